The van der Waals surface area contributed by atoms with Gasteiger partial charge in [-0.05, 0) is 43.5 Å². The molecule has 0 fully saturated rings. The van der Waals surface area contributed by atoms with E-state index in [1.54, 1.807) is 24.0 Å². The standard InChI is InChI=1S/C25H27FN4O2S/c1-6-20(31)30-22-16(5)10-15(4)11-19(22)21-23(27-25(29-28-21)33-13-14(2)3)32-24(30)17-8-7-9-18(26)12-17/h7-12,14,24H,6,13H2,1-5H3/t24-/m0/s1. The second-order valence-electron chi connectivity index (χ2n) is 8.57. The Hall–Kier alpha value is -3.00. The van der Waals surface area contributed by atoms with E-state index in [9.17, 15) is 9.18 Å². The molecule has 8 heteroatoms. The van der Waals surface area contributed by atoms with Gasteiger partial charge in [0.25, 0.3) is 0 Å². The van der Waals surface area contributed by atoms with Crippen LogP contribution in [-0.2, 0) is 4.79 Å². The molecule has 0 N–H and O–H groups in total. The van der Waals surface area contributed by atoms with Crippen molar-refractivity contribution < 1.29 is 13.9 Å². The molecular weight excluding hydrogens is 439 g/mol. The van der Waals surface area contributed by atoms with E-state index >= 15 is 0 Å². The summed E-state index contributed by atoms with van der Waals surface area (Å²) in [6.07, 6.45) is -0.637. The lowest BCUT2D eigenvalue weighted by atomic mass is 10.00. The monoisotopic (exact) mass is 466 g/mol. The average Bonchev–Trinajstić information content (AvgIpc) is 2.91. The van der Waals surface area contributed by atoms with Gasteiger partial charge in [-0.2, -0.15) is 4.98 Å². The maximum absolute atomic E-state index is 14.2. The Morgan fingerprint density at radius 1 is 1.21 bits per heavy atom. The highest BCUT2D eigenvalue weighted by Gasteiger charge is 2.36. The van der Waals surface area contributed by atoms with E-state index in [0.717, 1.165) is 22.4 Å². The van der Waals surface area contributed by atoms with E-state index in [0.29, 0.717) is 28.0 Å². The Kier molecular flexibility index (Phi) is 6.65. The number of aryl methyl sites for hydroxylation is 2. The maximum Gasteiger partial charge on any atom is 0.247 e. The molecule has 0 unspecified atom stereocenters. The molecule has 2 aromatic carbocycles. The molecule has 1 aliphatic rings. The normalized spacial score (nSPS) is 15.0. The van der Waals surface area contributed by atoms with Gasteiger partial charge < -0.3 is 4.74 Å². The predicted octanol–water partition coefficient (Wildman–Crippen LogP) is 5.88. The largest absolute Gasteiger partial charge is 0.447 e. The number of halogens is 1. The quantitative estimate of drug-likeness (QED) is 0.438. The topological polar surface area (TPSA) is 68.2 Å². The second kappa shape index (κ2) is 9.47. The van der Waals surface area contributed by atoms with Gasteiger partial charge >= 0.3 is 0 Å². The van der Waals surface area contributed by atoms with Crippen molar-refractivity contribution >= 4 is 23.4 Å². The third kappa shape index (κ3) is 4.71. The average molecular weight is 467 g/mol. The van der Waals surface area contributed by atoms with Gasteiger partial charge in [0.15, 0.2) is 5.69 Å². The summed E-state index contributed by atoms with van der Waals surface area (Å²) < 4.78 is 20.6. The lowest BCUT2D eigenvalue weighted by molar-refractivity contribution is -0.120. The first kappa shape index (κ1) is 23.2. The van der Waals surface area contributed by atoms with Crippen LogP contribution >= 0.6 is 11.8 Å². The number of fused-ring (bicyclic) bond motifs is 3. The minimum absolute atomic E-state index is 0.146. The number of ether oxygens (including phenoxy) is 1. The van der Waals surface area contributed by atoms with Crippen molar-refractivity contribution in [1.82, 2.24) is 15.2 Å². The summed E-state index contributed by atoms with van der Waals surface area (Å²) in [5.41, 5.74) is 4.31. The van der Waals surface area contributed by atoms with Crippen molar-refractivity contribution in [2.24, 2.45) is 5.92 Å². The summed E-state index contributed by atoms with van der Waals surface area (Å²) in [6.45, 7) is 9.98. The highest BCUT2D eigenvalue weighted by Crippen LogP contribution is 2.45. The molecule has 4 rings (SSSR count). The first-order valence-corrected chi connectivity index (χ1v) is 12.0. The van der Waals surface area contributed by atoms with Gasteiger partial charge in [-0.1, -0.05) is 56.3 Å². The molecule has 0 radical (unpaired) electrons. The number of aromatic nitrogens is 3. The Balaban J connectivity index is 1.96. The van der Waals surface area contributed by atoms with E-state index in [2.05, 4.69) is 29.0 Å². The summed E-state index contributed by atoms with van der Waals surface area (Å²) >= 11 is 1.50. The van der Waals surface area contributed by atoms with Crippen molar-refractivity contribution in [3.05, 3.63) is 58.9 Å². The van der Waals surface area contributed by atoms with Crippen molar-refractivity contribution in [1.29, 1.82) is 0 Å². The van der Waals surface area contributed by atoms with Crippen LogP contribution < -0.4 is 9.64 Å². The van der Waals surface area contributed by atoms with Crippen LogP contribution in [0.5, 0.6) is 5.88 Å². The van der Waals surface area contributed by atoms with Gasteiger partial charge in [-0.3, -0.25) is 9.69 Å². The first-order chi connectivity index (χ1) is 15.8. The molecule has 1 aliphatic heterocycles. The molecule has 0 bridgehead atoms. The zero-order valence-electron chi connectivity index (χ0n) is 19.4. The van der Waals surface area contributed by atoms with Crippen molar-refractivity contribution in [3.8, 4) is 17.1 Å². The van der Waals surface area contributed by atoms with E-state index in [4.69, 9.17) is 4.74 Å². The lowest BCUT2D eigenvalue weighted by Gasteiger charge is -2.32. The first-order valence-electron chi connectivity index (χ1n) is 11.0. The molecule has 33 heavy (non-hydrogen) atoms. The van der Waals surface area contributed by atoms with Crippen molar-refractivity contribution in [2.75, 3.05) is 10.7 Å². The number of rotatable bonds is 5. The SMILES string of the molecule is CCC(=O)N1c2c(C)cc(C)cc2-c2nnc(SCC(C)C)nc2O[C@H]1c1cccc(F)c1. The number of thioether (sulfide) groups is 1. The smallest absolute Gasteiger partial charge is 0.247 e. The van der Waals surface area contributed by atoms with Crippen LogP contribution in [-0.4, -0.2) is 26.8 Å². The minimum Gasteiger partial charge on any atom is -0.447 e. The Morgan fingerprint density at radius 2 is 2.00 bits per heavy atom. The molecule has 172 valence electrons. The van der Waals surface area contributed by atoms with Crippen LogP contribution in [0, 0.1) is 25.6 Å². The fraction of sp³-hybridized carbons (Fsp3) is 0.360. The Morgan fingerprint density at radius 3 is 2.70 bits per heavy atom. The van der Waals surface area contributed by atoms with E-state index in [1.165, 1.54) is 23.9 Å². The molecule has 2 heterocycles. The Bertz CT molecular complexity index is 1200. The predicted molar refractivity (Wildman–Crippen MR) is 128 cm³/mol. The van der Waals surface area contributed by atoms with E-state index in [-0.39, 0.29) is 18.2 Å². The van der Waals surface area contributed by atoms with Crippen LogP contribution in [0.2, 0.25) is 0 Å². The number of benzene rings is 2. The zero-order valence-corrected chi connectivity index (χ0v) is 20.2. The number of carbonyl (C=O) groups is 1. The van der Waals surface area contributed by atoms with Gasteiger partial charge in [0, 0.05) is 23.3 Å². The van der Waals surface area contributed by atoms with Gasteiger partial charge in [0.05, 0.1) is 5.69 Å². The van der Waals surface area contributed by atoms with E-state index < -0.39 is 12.0 Å². The molecular formula is C25H27FN4O2S. The molecule has 6 nitrogen and oxygen atoms in total. The maximum atomic E-state index is 14.2. The Labute approximate surface area is 197 Å². The molecule has 0 aliphatic carbocycles. The number of hydrogen-bond acceptors (Lipinski definition) is 6. The highest BCUT2D eigenvalue weighted by atomic mass is 32.2. The third-order valence-electron chi connectivity index (χ3n) is 5.28. The van der Waals surface area contributed by atoms with Crippen LogP contribution in [0.15, 0.2) is 41.6 Å². The number of nitrogens with zero attached hydrogens (tertiary/aromatic N) is 4. The molecule has 0 saturated heterocycles. The lowest BCUT2D eigenvalue weighted by Crippen LogP contribution is -2.37. The summed E-state index contributed by atoms with van der Waals surface area (Å²) in [6, 6.07) is 10.1. The van der Waals surface area contributed by atoms with Crippen LogP contribution in [0.4, 0.5) is 10.1 Å². The van der Waals surface area contributed by atoms with Gasteiger partial charge in [0.2, 0.25) is 23.2 Å². The zero-order chi connectivity index (χ0) is 23.7. The minimum atomic E-state index is -0.894. The molecule has 1 amide bonds. The molecule has 3 aromatic rings. The molecule has 1 aromatic heterocycles. The second-order valence-corrected chi connectivity index (χ2v) is 9.56. The molecule has 0 saturated carbocycles. The number of anilines is 1. The summed E-state index contributed by atoms with van der Waals surface area (Å²) in [4.78, 5) is 19.5. The number of carbonyl (C=O) groups excluding carboxylic acids is 1. The van der Waals surface area contributed by atoms with Crippen molar-refractivity contribution in [3.63, 3.8) is 0 Å². The summed E-state index contributed by atoms with van der Waals surface area (Å²) in [5, 5.41) is 9.30. The van der Waals surface area contributed by atoms with Gasteiger partial charge in [0.1, 0.15) is 5.82 Å². The number of amides is 1. The summed E-state index contributed by atoms with van der Waals surface area (Å²) in [7, 11) is 0. The van der Waals surface area contributed by atoms with Crippen LogP contribution in [0.3, 0.4) is 0 Å². The fourth-order valence-corrected chi connectivity index (χ4v) is 4.62. The van der Waals surface area contributed by atoms with Crippen molar-refractivity contribution in [2.45, 2.75) is 52.4 Å². The number of hydrogen-bond donors (Lipinski definition) is 0. The molecule has 0 spiro atoms. The fourth-order valence-electron chi connectivity index (χ4n) is 3.89. The highest BCUT2D eigenvalue weighted by molar-refractivity contribution is 7.99. The molecule has 1 atom stereocenters. The van der Waals surface area contributed by atoms with Gasteiger partial charge in [-0.15, -0.1) is 10.2 Å². The third-order valence-corrected chi connectivity index (χ3v) is 6.55. The van der Waals surface area contributed by atoms with E-state index in [1.807, 2.05) is 26.0 Å². The van der Waals surface area contributed by atoms with Crippen LogP contribution in [0.1, 0.15) is 50.1 Å². The summed E-state index contributed by atoms with van der Waals surface area (Å²) in [5.74, 6) is 1.03. The van der Waals surface area contributed by atoms with Crippen LogP contribution in [0.25, 0.3) is 11.3 Å². The van der Waals surface area contributed by atoms with Gasteiger partial charge in [-0.25, -0.2) is 4.39 Å².